The summed E-state index contributed by atoms with van der Waals surface area (Å²) in [7, 11) is 0. The summed E-state index contributed by atoms with van der Waals surface area (Å²) in [6, 6.07) is 7.79. The van der Waals surface area contributed by atoms with Crippen molar-refractivity contribution < 1.29 is 4.79 Å². The first-order valence-electron chi connectivity index (χ1n) is 6.51. The van der Waals surface area contributed by atoms with E-state index in [-0.39, 0.29) is 5.78 Å². The Hall–Kier alpha value is -1.37. The van der Waals surface area contributed by atoms with E-state index in [1.165, 1.54) is 25.7 Å². The van der Waals surface area contributed by atoms with Crippen LogP contribution in [0.4, 0.5) is 0 Å². The highest BCUT2D eigenvalue weighted by Gasteiger charge is 1.97. The molecule has 0 fully saturated rings. The summed E-state index contributed by atoms with van der Waals surface area (Å²) >= 11 is 0. The third-order valence-corrected chi connectivity index (χ3v) is 2.83. The van der Waals surface area contributed by atoms with Crippen molar-refractivity contribution in [2.45, 2.75) is 46.0 Å². The molecule has 0 saturated heterocycles. The average molecular weight is 230 g/mol. The smallest absolute Gasteiger partial charge is 0.159 e. The molecular weight excluding hydrogens is 208 g/mol. The van der Waals surface area contributed by atoms with Crippen molar-refractivity contribution >= 4 is 11.9 Å². The van der Waals surface area contributed by atoms with Crippen molar-refractivity contribution in [2.75, 3.05) is 0 Å². The molecule has 1 aromatic carbocycles. The second kappa shape index (κ2) is 7.83. The Labute approximate surface area is 105 Å². The topological polar surface area (TPSA) is 17.1 Å². The molecule has 0 bridgehead atoms. The Balaban J connectivity index is 2.42. The van der Waals surface area contributed by atoms with Crippen LogP contribution in [0, 0.1) is 0 Å². The van der Waals surface area contributed by atoms with Crippen LogP contribution in [0.3, 0.4) is 0 Å². The monoisotopic (exact) mass is 230 g/mol. The number of ketones is 1. The van der Waals surface area contributed by atoms with Crippen molar-refractivity contribution in [2.24, 2.45) is 0 Å². The number of hydrogen-bond acceptors (Lipinski definition) is 1. The van der Waals surface area contributed by atoms with Crippen LogP contribution in [-0.4, -0.2) is 5.78 Å². The van der Waals surface area contributed by atoms with Crippen molar-refractivity contribution in [1.29, 1.82) is 0 Å². The van der Waals surface area contributed by atoms with Crippen LogP contribution in [0.1, 0.15) is 61.9 Å². The van der Waals surface area contributed by atoms with Crippen LogP contribution >= 0.6 is 0 Å². The lowest BCUT2D eigenvalue weighted by molar-refractivity contribution is 0.101. The maximum atomic E-state index is 11.2. The molecule has 0 radical (unpaired) electrons. The van der Waals surface area contributed by atoms with E-state index in [1.807, 2.05) is 24.3 Å². The predicted octanol–water partition coefficient (Wildman–Crippen LogP) is 4.87. The molecule has 92 valence electrons. The normalized spacial score (nSPS) is 10.9. The summed E-state index contributed by atoms with van der Waals surface area (Å²) in [6.07, 6.45) is 10.6. The molecule has 0 spiro atoms. The van der Waals surface area contributed by atoms with Crippen LogP contribution in [0.15, 0.2) is 30.3 Å². The molecule has 0 heterocycles. The molecule has 1 heteroatoms. The van der Waals surface area contributed by atoms with E-state index in [1.54, 1.807) is 6.92 Å². The standard InChI is InChI=1S/C16H22O/c1-3-4-5-6-7-8-10-15-11-9-12-16(13-15)14(2)17/h8-13H,3-7H2,1-2H3/b10-8-. The number of carbonyl (C=O) groups is 1. The van der Waals surface area contributed by atoms with E-state index in [4.69, 9.17) is 0 Å². The van der Waals surface area contributed by atoms with Gasteiger partial charge in [0, 0.05) is 5.56 Å². The number of rotatable bonds is 7. The highest BCUT2D eigenvalue weighted by atomic mass is 16.1. The number of benzene rings is 1. The first-order valence-corrected chi connectivity index (χ1v) is 6.51. The van der Waals surface area contributed by atoms with Gasteiger partial charge in [-0.05, 0) is 31.4 Å². The zero-order valence-electron chi connectivity index (χ0n) is 10.9. The summed E-state index contributed by atoms with van der Waals surface area (Å²) in [5.41, 5.74) is 1.91. The minimum absolute atomic E-state index is 0.128. The zero-order valence-corrected chi connectivity index (χ0v) is 10.9. The molecular formula is C16H22O. The van der Waals surface area contributed by atoms with Crippen LogP contribution in [0.5, 0.6) is 0 Å². The SMILES string of the molecule is CCCCCC/C=C\c1cccc(C(C)=O)c1. The third-order valence-electron chi connectivity index (χ3n) is 2.83. The van der Waals surface area contributed by atoms with Crippen molar-refractivity contribution in [3.63, 3.8) is 0 Å². The summed E-state index contributed by atoms with van der Waals surface area (Å²) < 4.78 is 0. The Morgan fingerprint density at radius 3 is 2.76 bits per heavy atom. The molecule has 1 nitrogen and oxygen atoms in total. The van der Waals surface area contributed by atoms with E-state index >= 15 is 0 Å². The van der Waals surface area contributed by atoms with E-state index in [0.29, 0.717) is 0 Å². The molecule has 0 aromatic heterocycles. The fourth-order valence-corrected chi connectivity index (χ4v) is 1.77. The van der Waals surface area contributed by atoms with E-state index in [9.17, 15) is 4.79 Å². The van der Waals surface area contributed by atoms with Gasteiger partial charge >= 0.3 is 0 Å². The molecule has 1 rings (SSSR count). The first kappa shape index (κ1) is 13.7. The lowest BCUT2D eigenvalue weighted by Crippen LogP contribution is -1.91. The minimum Gasteiger partial charge on any atom is -0.295 e. The van der Waals surface area contributed by atoms with Crippen molar-refractivity contribution in [1.82, 2.24) is 0 Å². The second-order valence-electron chi connectivity index (χ2n) is 4.43. The number of hydrogen-bond donors (Lipinski definition) is 0. The van der Waals surface area contributed by atoms with Gasteiger partial charge in [0.25, 0.3) is 0 Å². The zero-order chi connectivity index (χ0) is 12.5. The molecule has 0 amide bonds. The van der Waals surface area contributed by atoms with Gasteiger partial charge in [0.15, 0.2) is 5.78 Å². The molecule has 0 unspecified atom stereocenters. The fourth-order valence-electron chi connectivity index (χ4n) is 1.77. The van der Waals surface area contributed by atoms with Crippen molar-refractivity contribution in [3.8, 4) is 0 Å². The van der Waals surface area contributed by atoms with Gasteiger partial charge in [-0.1, -0.05) is 56.5 Å². The highest BCUT2D eigenvalue weighted by molar-refractivity contribution is 5.94. The van der Waals surface area contributed by atoms with Gasteiger partial charge in [-0.25, -0.2) is 0 Å². The average Bonchev–Trinajstić information content (AvgIpc) is 2.34. The Bertz CT molecular complexity index is 377. The highest BCUT2D eigenvalue weighted by Crippen LogP contribution is 2.09. The number of carbonyl (C=O) groups excluding carboxylic acids is 1. The summed E-state index contributed by atoms with van der Waals surface area (Å²) in [4.78, 5) is 11.2. The molecule has 0 N–H and O–H groups in total. The Kier molecular flexibility index (Phi) is 6.31. The molecule has 0 saturated carbocycles. The number of allylic oxidation sites excluding steroid dienone is 1. The maximum absolute atomic E-state index is 11.2. The van der Waals surface area contributed by atoms with Gasteiger partial charge < -0.3 is 0 Å². The van der Waals surface area contributed by atoms with Crippen LogP contribution in [0.2, 0.25) is 0 Å². The number of unbranched alkanes of at least 4 members (excludes halogenated alkanes) is 4. The largest absolute Gasteiger partial charge is 0.295 e. The van der Waals surface area contributed by atoms with E-state index < -0.39 is 0 Å². The van der Waals surface area contributed by atoms with Gasteiger partial charge in [0.05, 0.1) is 0 Å². The molecule has 0 aliphatic carbocycles. The summed E-state index contributed by atoms with van der Waals surface area (Å²) in [5.74, 6) is 0.128. The number of Topliss-reactive ketones (excluding diaryl/α,β-unsaturated/α-hetero) is 1. The first-order chi connectivity index (χ1) is 8.24. The minimum atomic E-state index is 0.128. The lowest BCUT2D eigenvalue weighted by atomic mass is 10.1. The third kappa shape index (κ3) is 5.48. The lowest BCUT2D eigenvalue weighted by Gasteiger charge is -1.98. The van der Waals surface area contributed by atoms with Crippen LogP contribution in [0.25, 0.3) is 6.08 Å². The summed E-state index contributed by atoms with van der Waals surface area (Å²) in [5, 5.41) is 0. The van der Waals surface area contributed by atoms with E-state index in [0.717, 1.165) is 17.5 Å². The van der Waals surface area contributed by atoms with Crippen molar-refractivity contribution in [3.05, 3.63) is 41.5 Å². The molecule has 0 atom stereocenters. The van der Waals surface area contributed by atoms with E-state index in [2.05, 4.69) is 19.1 Å². The fraction of sp³-hybridized carbons (Fsp3) is 0.438. The molecule has 1 aromatic rings. The van der Waals surface area contributed by atoms with Gasteiger partial charge in [0.2, 0.25) is 0 Å². The second-order valence-corrected chi connectivity index (χ2v) is 4.43. The van der Waals surface area contributed by atoms with Crippen LogP contribution < -0.4 is 0 Å². The van der Waals surface area contributed by atoms with Gasteiger partial charge in [-0.15, -0.1) is 0 Å². The van der Waals surface area contributed by atoms with Crippen LogP contribution in [-0.2, 0) is 0 Å². The molecule has 0 aliphatic heterocycles. The van der Waals surface area contributed by atoms with Gasteiger partial charge in [0.1, 0.15) is 0 Å². The maximum Gasteiger partial charge on any atom is 0.159 e. The molecule has 0 aliphatic rings. The summed E-state index contributed by atoms with van der Waals surface area (Å²) in [6.45, 7) is 3.83. The Morgan fingerprint density at radius 1 is 1.24 bits per heavy atom. The molecule has 17 heavy (non-hydrogen) atoms. The predicted molar refractivity (Wildman–Crippen MR) is 74.2 cm³/mol. The van der Waals surface area contributed by atoms with Gasteiger partial charge in [-0.3, -0.25) is 4.79 Å². The Morgan fingerprint density at radius 2 is 2.06 bits per heavy atom. The quantitative estimate of drug-likeness (QED) is 0.482. The van der Waals surface area contributed by atoms with Gasteiger partial charge in [-0.2, -0.15) is 0 Å².